The number of halogens is 1. The highest BCUT2D eigenvalue weighted by Crippen LogP contribution is 2.15. The van der Waals surface area contributed by atoms with Gasteiger partial charge in [0.1, 0.15) is 11.8 Å². The molecule has 0 saturated heterocycles. The van der Waals surface area contributed by atoms with E-state index in [4.69, 9.17) is 16.3 Å². The zero-order valence-corrected chi connectivity index (χ0v) is 18.9. The summed E-state index contributed by atoms with van der Waals surface area (Å²) in [6, 6.07) is 24.0. The van der Waals surface area contributed by atoms with Crippen LogP contribution in [-0.2, 0) is 21.2 Å². The lowest BCUT2D eigenvalue weighted by molar-refractivity contribution is -0.122. The predicted molar refractivity (Wildman–Crippen MR) is 124 cm³/mol. The summed E-state index contributed by atoms with van der Waals surface area (Å²) in [5, 5.41) is 3.43. The smallest absolute Gasteiger partial charge is 0.241 e. The van der Waals surface area contributed by atoms with Gasteiger partial charge >= 0.3 is 0 Å². The normalized spacial score (nSPS) is 12.2. The van der Waals surface area contributed by atoms with Crippen LogP contribution in [0.1, 0.15) is 12.0 Å². The van der Waals surface area contributed by atoms with Crippen LogP contribution in [0.3, 0.4) is 0 Å². The highest BCUT2D eigenvalue weighted by atomic mass is 35.5. The molecule has 167 valence electrons. The molecule has 2 N–H and O–H groups in total. The lowest BCUT2D eigenvalue weighted by atomic mass is 10.1. The first-order valence-electron chi connectivity index (χ1n) is 10.1. The highest BCUT2D eigenvalue weighted by molar-refractivity contribution is 7.89. The zero-order chi connectivity index (χ0) is 22.8. The Kier molecular flexibility index (Phi) is 8.67. The van der Waals surface area contributed by atoms with E-state index in [-0.39, 0.29) is 11.3 Å². The minimum Gasteiger partial charge on any atom is -0.494 e. The van der Waals surface area contributed by atoms with Crippen molar-refractivity contribution in [3.63, 3.8) is 0 Å². The van der Waals surface area contributed by atoms with Crippen molar-refractivity contribution in [1.82, 2.24) is 10.0 Å². The molecule has 3 aromatic carbocycles. The molecule has 32 heavy (non-hydrogen) atoms. The zero-order valence-electron chi connectivity index (χ0n) is 17.3. The number of hydrogen-bond acceptors (Lipinski definition) is 4. The van der Waals surface area contributed by atoms with Gasteiger partial charge in [-0.15, -0.1) is 0 Å². The number of amides is 1. The first-order valence-corrected chi connectivity index (χ1v) is 12.0. The van der Waals surface area contributed by atoms with Crippen molar-refractivity contribution in [2.75, 3.05) is 13.2 Å². The minimum absolute atomic E-state index is 0.107. The number of hydrogen-bond donors (Lipinski definition) is 2. The fraction of sp³-hybridized carbons (Fsp3) is 0.208. The van der Waals surface area contributed by atoms with Crippen LogP contribution in [0, 0.1) is 6.07 Å². The second kappa shape index (κ2) is 11.7. The number of nitrogens with one attached hydrogen (secondary N) is 2. The number of carbonyl (C=O) groups excluding carboxylic acids is 1. The molecule has 1 radical (unpaired) electrons. The molecule has 0 heterocycles. The summed E-state index contributed by atoms with van der Waals surface area (Å²) < 4.78 is 33.7. The van der Waals surface area contributed by atoms with E-state index in [9.17, 15) is 13.2 Å². The van der Waals surface area contributed by atoms with Crippen LogP contribution in [-0.4, -0.2) is 33.5 Å². The molecule has 3 aromatic rings. The van der Waals surface area contributed by atoms with Gasteiger partial charge in [-0.3, -0.25) is 4.79 Å². The van der Waals surface area contributed by atoms with Crippen molar-refractivity contribution in [3.8, 4) is 5.75 Å². The predicted octanol–water partition coefficient (Wildman–Crippen LogP) is 3.62. The quantitative estimate of drug-likeness (QED) is 0.418. The Hall–Kier alpha value is -2.87. The van der Waals surface area contributed by atoms with Gasteiger partial charge in [0.05, 0.1) is 11.5 Å². The molecule has 1 atom stereocenters. The van der Waals surface area contributed by atoms with Crippen molar-refractivity contribution in [2.24, 2.45) is 0 Å². The van der Waals surface area contributed by atoms with Crippen molar-refractivity contribution < 1.29 is 17.9 Å². The van der Waals surface area contributed by atoms with Gasteiger partial charge in [-0.2, -0.15) is 4.72 Å². The highest BCUT2D eigenvalue weighted by Gasteiger charge is 2.25. The summed E-state index contributed by atoms with van der Waals surface area (Å²) in [4.78, 5) is 12.9. The average molecular weight is 472 g/mol. The maximum atomic E-state index is 12.8. The fourth-order valence-corrected chi connectivity index (χ4v) is 4.31. The van der Waals surface area contributed by atoms with Crippen LogP contribution in [0.15, 0.2) is 83.8 Å². The number of benzene rings is 3. The average Bonchev–Trinajstić information content (AvgIpc) is 2.80. The van der Waals surface area contributed by atoms with Crippen LogP contribution in [0.25, 0.3) is 0 Å². The molecule has 0 aliphatic heterocycles. The van der Waals surface area contributed by atoms with Gasteiger partial charge in [0, 0.05) is 11.6 Å². The summed E-state index contributed by atoms with van der Waals surface area (Å²) in [6.07, 6.45) is 0.778. The number of ether oxygens (including phenoxy) is 1. The first-order chi connectivity index (χ1) is 15.4. The molecule has 0 fully saturated rings. The van der Waals surface area contributed by atoms with Crippen LogP contribution < -0.4 is 14.8 Å². The standard InChI is InChI=1S/C24H24ClN2O4S/c25-20-12-14-21(15-13-20)31-17-7-16-26-24(28)23(18-19-8-3-1-4-9-19)27-32(29,30)22-10-5-2-6-11-22/h2-6,8-15,23,27H,7,16-18H2,(H,26,28)/t23-/m0/s1. The molecule has 0 aliphatic carbocycles. The summed E-state index contributed by atoms with van der Waals surface area (Å²) in [7, 11) is -3.85. The van der Waals surface area contributed by atoms with E-state index < -0.39 is 22.0 Å². The molecular weight excluding hydrogens is 448 g/mol. The molecule has 6 nitrogen and oxygen atoms in total. The number of rotatable bonds is 11. The Labute approximate surface area is 193 Å². The summed E-state index contributed by atoms with van der Waals surface area (Å²) in [5.41, 5.74) is 0.825. The third-order valence-corrected chi connectivity index (χ3v) is 6.34. The molecule has 8 heteroatoms. The van der Waals surface area contributed by atoms with Gasteiger partial charge < -0.3 is 10.1 Å². The van der Waals surface area contributed by atoms with Crippen molar-refractivity contribution >= 4 is 27.5 Å². The lowest BCUT2D eigenvalue weighted by Crippen LogP contribution is -2.48. The molecule has 0 spiro atoms. The molecule has 3 rings (SSSR count). The van der Waals surface area contributed by atoms with Gasteiger partial charge in [0.25, 0.3) is 0 Å². The van der Waals surface area contributed by atoms with Gasteiger partial charge in [0.2, 0.25) is 15.9 Å². The Morgan fingerprint density at radius 1 is 1.00 bits per heavy atom. The van der Waals surface area contributed by atoms with Crippen LogP contribution in [0.2, 0.25) is 5.02 Å². The van der Waals surface area contributed by atoms with E-state index in [2.05, 4.69) is 16.1 Å². The monoisotopic (exact) mass is 471 g/mol. The Balaban J connectivity index is 1.58. The van der Waals surface area contributed by atoms with Gasteiger partial charge in [-0.25, -0.2) is 8.42 Å². The minimum atomic E-state index is -3.85. The van der Waals surface area contributed by atoms with E-state index >= 15 is 0 Å². The molecule has 0 saturated carbocycles. The lowest BCUT2D eigenvalue weighted by Gasteiger charge is -2.19. The maximum absolute atomic E-state index is 12.8. The topological polar surface area (TPSA) is 84.5 Å². The summed E-state index contributed by atoms with van der Waals surface area (Å²) in [6.45, 7) is 0.745. The van der Waals surface area contributed by atoms with Gasteiger partial charge in [-0.05, 0) is 60.9 Å². The van der Waals surface area contributed by atoms with E-state index in [1.807, 2.05) is 0 Å². The number of carbonyl (C=O) groups is 1. The SMILES string of the molecule is O=C(NCCCOc1ccc(Cl)cc1)[C@H](Cc1cc[c]cc1)NS(=O)(=O)c1ccccc1. The molecular formula is C24H24ClN2O4S. The van der Waals surface area contributed by atoms with Crippen LogP contribution in [0.5, 0.6) is 5.75 Å². The Morgan fingerprint density at radius 3 is 2.38 bits per heavy atom. The third-order valence-electron chi connectivity index (χ3n) is 4.60. The first kappa shape index (κ1) is 23.8. The van der Waals surface area contributed by atoms with E-state index in [1.54, 1.807) is 66.7 Å². The van der Waals surface area contributed by atoms with E-state index in [1.165, 1.54) is 12.1 Å². The largest absolute Gasteiger partial charge is 0.494 e. The van der Waals surface area contributed by atoms with Gasteiger partial charge in [-0.1, -0.05) is 54.1 Å². The van der Waals surface area contributed by atoms with Crippen molar-refractivity contribution in [2.45, 2.75) is 23.8 Å². The van der Waals surface area contributed by atoms with Crippen LogP contribution in [0.4, 0.5) is 0 Å². The molecule has 0 aromatic heterocycles. The Morgan fingerprint density at radius 2 is 1.69 bits per heavy atom. The molecule has 0 aliphatic rings. The van der Waals surface area contributed by atoms with E-state index in [0.717, 1.165) is 5.56 Å². The third kappa shape index (κ3) is 7.37. The number of sulfonamides is 1. The molecule has 1 amide bonds. The van der Waals surface area contributed by atoms with Crippen molar-refractivity contribution in [3.05, 3.63) is 95.5 Å². The van der Waals surface area contributed by atoms with Crippen LogP contribution >= 0.6 is 11.6 Å². The summed E-state index contributed by atoms with van der Waals surface area (Å²) in [5.74, 6) is 0.291. The maximum Gasteiger partial charge on any atom is 0.241 e. The molecule has 0 bridgehead atoms. The van der Waals surface area contributed by atoms with E-state index in [0.29, 0.717) is 30.3 Å². The Bertz CT molecular complexity index is 1090. The second-order valence-corrected chi connectivity index (χ2v) is 9.20. The second-order valence-electron chi connectivity index (χ2n) is 7.05. The molecule has 0 unspecified atom stereocenters. The summed E-state index contributed by atoms with van der Waals surface area (Å²) >= 11 is 5.85. The van der Waals surface area contributed by atoms with Gasteiger partial charge in [0.15, 0.2) is 0 Å². The fourth-order valence-electron chi connectivity index (χ4n) is 2.96. The van der Waals surface area contributed by atoms with Crippen molar-refractivity contribution in [1.29, 1.82) is 0 Å².